The van der Waals surface area contributed by atoms with Gasteiger partial charge in [0.25, 0.3) is 0 Å². The summed E-state index contributed by atoms with van der Waals surface area (Å²) in [5, 5.41) is 0. The number of rotatable bonds is 1. The number of hydrogen-bond acceptors (Lipinski definition) is 1. The molecule has 1 nitrogen and oxygen atoms in total. The van der Waals surface area contributed by atoms with Crippen LogP contribution in [-0.4, -0.2) is 12.2 Å². The number of ether oxygens (including phenoxy) is 1. The molecule has 0 aromatic rings. The zero-order valence-corrected chi connectivity index (χ0v) is 6.13. The molecule has 3 atom stereocenters. The largest absolute Gasteiger partial charge is 0.369 e. The van der Waals surface area contributed by atoms with Crippen LogP contribution in [0, 0.1) is 11.8 Å². The monoisotopic (exact) mass is 126 g/mol. The maximum Gasteiger partial charge on any atom is 0.0872 e. The molecule has 0 unspecified atom stereocenters. The Labute approximate surface area is 56.4 Å². The molecule has 1 aliphatic carbocycles. The first-order chi connectivity index (χ1) is 4.29. The van der Waals surface area contributed by atoms with Gasteiger partial charge < -0.3 is 4.74 Å². The summed E-state index contributed by atoms with van der Waals surface area (Å²) in [4.78, 5) is 0. The summed E-state index contributed by atoms with van der Waals surface area (Å²) in [6.45, 7) is 4.60. The van der Waals surface area contributed by atoms with E-state index < -0.39 is 0 Å². The highest BCUT2D eigenvalue weighted by Gasteiger charge is 2.50. The molecule has 0 aromatic carbocycles. The molecule has 2 rings (SSSR count). The van der Waals surface area contributed by atoms with E-state index in [9.17, 15) is 0 Å². The lowest BCUT2D eigenvalue weighted by atomic mass is 9.94. The minimum atomic E-state index is 0.671. The standard InChI is InChI=1S/C8H14O/c1-5(2)6-3-4-7-8(6)9-7/h5-8H,3-4H2,1-2H3/t6-,7+,8-/m1/s1. The van der Waals surface area contributed by atoms with Crippen LogP contribution in [0.3, 0.4) is 0 Å². The van der Waals surface area contributed by atoms with Gasteiger partial charge in [0.15, 0.2) is 0 Å². The van der Waals surface area contributed by atoms with Gasteiger partial charge in [-0.15, -0.1) is 0 Å². The number of hydrogen-bond donors (Lipinski definition) is 0. The molecule has 52 valence electrons. The van der Waals surface area contributed by atoms with Crippen molar-refractivity contribution in [1.29, 1.82) is 0 Å². The van der Waals surface area contributed by atoms with Gasteiger partial charge in [0.2, 0.25) is 0 Å². The van der Waals surface area contributed by atoms with E-state index in [2.05, 4.69) is 13.8 Å². The van der Waals surface area contributed by atoms with Crippen molar-refractivity contribution in [2.75, 3.05) is 0 Å². The lowest BCUT2D eigenvalue weighted by Gasteiger charge is -2.13. The molecule has 0 aromatic heterocycles. The Kier molecular flexibility index (Phi) is 1.10. The number of fused-ring (bicyclic) bond motifs is 1. The van der Waals surface area contributed by atoms with E-state index in [0.717, 1.165) is 11.8 Å². The third-order valence-electron chi connectivity index (χ3n) is 2.68. The molecule has 0 spiro atoms. The van der Waals surface area contributed by atoms with E-state index >= 15 is 0 Å². The summed E-state index contributed by atoms with van der Waals surface area (Å²) in [6.07, 6.45) is 4.09. The summed E-state index contributed by atoms with van der Waals surface area (Å²) in [5.41, 5.74) is 0. The first kappa shape index (κ1) is 5.72. The van der Waals surface area contributed by atoms with E-state index in [1.54, 1.807) is 0 Å². The molecular weight excluding hydrogens is 112 g/mol. The molecule has 2 aliphatic rings. The van der Waals surface area contributed by atoms with Crippen molar-refractivity contribution < 1.29 is 4.74 Å². The van der Waals surface area contributed by atoms with Gasteiger partial charge in [0.1, 0.15) is 0 Å². The molecule has 1 saturated carbocycles. The van der Waals surface area contributed by atoms with Crippen molar-refractivity contribution in [3.05, 3.63) is 0 Å². The SMILES string of the molecule is CC(C)[C@H]1CC[C@@H]2O[C@@H]21. The number of epoxide rings is 1. The summed E-state index contributed by atoms with van der Waals surface area (Å²) in [5.74, 6) is 1.72. The Morgan fingerprint density at radius 2 is 2.11 bits per heavy atom. The van der Waals surface area contributed by atoms with Crippen LogP contribution in [0.1, 0.15) is 26.7 Å². The van der Waals surface area contributed by atoms with Gasteiger partial charge in [-0.1, -0.05) is 13.8 Å². The molecule has 9 heavy (non-hydrogen) atoms. The Morgan fingerprint density at radius 3 is 2.33 bits per heavy atom. The Morgan fingerprint density at radius 1 is 1.33 bits per heavy atom. The van der Waals surface area contributed by atoms with Gasteiger partial charge >= 0.3 is 0 Å². The zero-order valence-electron chi connectivity index (χ0n) is 6.13. The van der Waals surface area contributed by atoms with Gasteiger partial charge in [-0.2, -0.15) is 0 Å². The average molecular weight is 126 g/mol. The lowest BCUT2D eigenvalue weighted by molar-refractivity contribution is 0.226. The Hall–Kier alpha value is -0.0400. The van der Waals surface area contributed by atoms with Crippen molar-refractivity contribution in [3.63, 3.8) is 0 Å². The zero-order chi connectivity index (χ0) is 6.43. The fraction of sp³-hybridized carbons (Fsp3) is 1.00. The van der Waals surface area contributed by atoms with Crippen LogP contribution in [0.4, 0.5) is 0 Å². The molecule has 0 N–H and O–H groups in total. The van der Waals surface area contributed by atoms with E-state index in [4.69, 9.17) is 4.74 Å². The maximum atomic E-state index is 5.43. The predicted molar refractivity (Wildman–Crippen MR) is 36.2 cm³/mol. The second kappa shape index (κ2) is 1.72. The molecular formula is C8H14O. The minimum Gasteiger partial charge on any atom is -0.369 e. The quantitative estimate of drug-likeness (QED) is 0.488. The van der Waals surface area contributed by atoms with Gasteiger partial charge in [0, 0.05) is 0 Å². The fourth-order valence-electron chi connectivity index (χ4n) is 2.00. The highest BCUT2D eigenvalue weighted by Crippen LogP contribution is 2.45. The van der Waals surface area contributed by atoms with Gasteiger partial charge in [0.05, 0.1) is 12.2 Å². The fourth-order valence-corrected chi connectivity index (χ4v) is 2.00. The lowest BCUT2D eigenvalue weighted by Crippen LogP contribution is -2.10. The van der Waals surface area contributed by atoms with Crippen LogP contribution in [0.15, 0.2) is 0 Å². The van der Waals surface area contributed by atoms with Gasteiger partial charge in [-0.25, -0.2) is 0 Å². The van der Waals surface area contributed by atoms with Crippen molar-refractivity contribution in [1.82, 2.24) is 0 Å². The third kappa shape index (κ3) is 0.787. The smallest absolute Gasteiger partial charge is 0.0872 e. The average Bonchev–Trinajstić information content (AvgIpc) is 2.43. The molecule has 1 aliphatic heterocycles. The molecule has 1 heteroatoms. The minimum absolute atomic E-state index is 0.671. The molecule has 1 heterocycles. The molecule has 1 saturated heterocycles. The van der Waals surface area contributed by atoms with Crippen LogP contribution in [0.2, 0.25) is 0 Å². The highest BCUT2D eigenvalue weighted by molar-refractivity contribution is 4.98. The second-order valence-corrected chi connectivity index (χ2v) is 3.62. The first-order valence-corrected chi connectivity index (χ1v) is 3.94. The third-order valence-corrected chi connectivity index (χ3v) is 2.68. The molecule has 0 amide bonds. The summed E-state index contributed by atoms with van der Waals surface area (Å²) in [6, 6.07) is 0. The summed E-state index contributed by atoms with van der Waals surface area (Å²) in [7, 11) is 0. The van der Waals surface area contributed by atoms with Crippen molar-refractivity contribution in [2.24, 2.45) is 11.8 Å². The summed E-state index contributed by atoms with van der Waals surface area (Å²) >= 11 is 0. The topological polar surface area (TPSA) is 12.5 Å². The maximum absolute atomic E-state index is 5.43. The molecule has 2 fully saturated rings. The predicted octanol–water partition coefficient (Wildman–Crippen LogP) is 1.82. The van der Waals surface area contributed by atoms with Crippen LogP contribution in [0.5, 0.6) is 0 Å². The Bertz CT molecular complexity index is 120. The van der Waals surface area contributed by atoms with Crippen molar-refractivity contribution in [3.8, 4) is 0 Å². The van der Waals surface area contributed by atoms with Crippen LogP contribution >= 0.6 is 0 Å². The van der Waals surface area contributed by atoms with E-state index in [0.29, 0.717) is 12.2 Å². The van der Waals surface area contributed by atoms with Crippen LogP contribution in [0.25, 0.3) is 0 Å². The molecule has 0 bridgehead atoms. The van der Waals surface area contributed by atoms with Crippen molar-refractivity contribution >= 4 is 0 Å². The van der Waals surface area contributed by atoms with E-state index in [1.165, 1.54) is 12.8 Å². The van der Waals surface area contributed by atoms with Crippen LogP contribution in [-0.2, 0) is 4.74 Å². The second-order valence-electron chi connectivity index (χ2n) is 3.62. The van der Waals surface area contributed by atoms with Crippen molar-refractivity contribution in [2.45, 2.75) is 38.9 Å². The van der Waals surface area contributed by atoms with E-state index in [-0.39, 0.29) is 0 Å². The highest BCUT2D eigenvalue weighted by atomic mass is 16.6. The van der Waals surface area contributed by atoms with Gasteiger partial charge in [-0.3, -0.25) is 0 Å². The summed E-state index contributed by atoms with van der Waals surface area (Å²) < 4.78 is 5.43. The van der Waals surface area contributed by atoms with E-state index in [1.807, 2.05) is 0 Å². The van der Waals surface area contributed by atoms with Crippen LogP contribution < -0.4 is 0 Å². The van der Waals surface area contributed by atoms with Gasteiger partial charge in [-0.05, 0) is 24.7 Å². The normalized spacial score (nSPS) is 47.7. The Balaban J connectivity index is 1.98. The first-order valence-electron chi connectivity index (χ1n) is 3.94. The molecule has 0 radical (unpaired) electrons.